The van der Waals surface area contributed by atoms with Gasteiger partial charge in [0.2, 0.25) is 0 Å². The molecule has 0 spiro atoms. The number of rotatable bonds is 4. The van der Waals surface area contributed by atoms with Crippen molar-refractivity contribution in [3.63, 3.8) is 0 Å². The summed E-state index contributed by atoms with van der Waals surface area (Å²) in [6.45, 7) is 4.56. The zero-order chi connectivity index (χ0) is 7.45. The third-order valence-electron chi connectivity index (χ3n) is 2.49. The lowest BCUT2D eigenvalue weighted by molar-refractivity contribution is 0.289. The quantitative estimate of drug-likeness (QED) is 0.521. The molecule has 0 saturated heterocycles. The van der Waals surface area contributed by atoms with Crippen LogP contribution >= 0.6 is 0 Å². The van der Waals surface area contributed by atoms with Crippen molar-refractivity contribution in [3.8, 4) is 0 Å². The van der Waals surface area contributed by atoms with Crippen molar-refractivity contribution >= 4 is 0 Å². The van der Waals surface area contributed by atoms with Gasteiger partial charge < -0.3 is 0 Å². The molecule has 1 rings (SSSR count). The van der Waals surface area contributed by atoms with Gasteiger partial charge in [-0.1, -0.05) is 38.8 Å². The van der Waals surface area contributed by atoms with Crippen LogP contribution in [0.25, 0.3) is 0 Å². The van der Waals surface area contributed by atoms with E-state index in [1.165, 1.54) is 32.1 Å². The van der Waals surface area contributed by atoms with Gasteiger partial charge in [-0.3, -0.25) is 0 Å². The summed E-state index contributed by atoms with van der Waals surface area (Å²) >= 11 is 0. The highest BCUT2D eigenvalue weighted by atomic mass is 14.3. The van der Waals surface area contributed by atoms with Gasteiger partial charge >= 0.3 is 0 Å². The van der Waals surface area contributed by atoms with Crippen LogP contribution in [-0.2, 0) is 0 Å². The third-order valence-corrected chi connectivity index (χ3v) is 2.49. The lowest BCUT2D eigenvalue weighted by atomic mass is 9.70. The molecule has 58 valence electrons. The Morgan fingerprint density at radius 2 is 1.70 bits per heavy atom. The van der Waals surface area contributed by atoms with Crippen LogP contribution in [0.2, 0.25) is 0 Å². The van der Waals surface area contributed by atoms with Gasteiger partial charge in [-0.05, 0) is 24.7 Å². The van der Waals surface area contributed by atoms with Gasteiger partial charge in [-0.25, -0.2) is 0 Å². The molecule has 0 N–H and O–H groups in total. The smallest absolute Gasteiger partial charge is 0.00840 e. The summed E-state index contributed by atoms with van der Waals surface area (Å²) in [6, 6.07) is 0. The Morgan fingerprint density at radius 3 is 1.90 bits per heavy atom. The molecule has 0 aliphatic heterocycles. The Balaban J connectivity index is 2.36. The van der Waals surface area contributed by atoms with Crippen LogP contribution in [0.15, 0.2) is 12.2 Å². The normalized spacial score (nSPS) is 20.6. The van der Waals surface area contributed by atoms with E-state index < -0.39 is 0 Å². The van der Waals surface area contributed by atoms with Gasteiger partial charge in [0.1, 0.15) is 0 Å². The van der Waals surface area contributed by atoms with Crippen molar-refractivity contribution < 1.29 is 0 Å². The second-order valence-corrected chi connectivity index (χ2v) is 3.47. The van der Waals surface area contributed by atoms with Gasteiger partial charge in [0, 0.05) is 0 Å². The standard InChI is InChI=1S/C10H18/c1-3-6-10(7-4-2)8-5-9-10/h5,8H,3-4,6-7,9H2,1-2H3. The van der Waals surface area contributed by atoms with E-state index in [2.05, 4.69) is 26.0 Å². The summed E-state index contributed by atoms with van der Waals surface area (Å²) in [5.41, 5.74) is 0.642. The fourth-order valence-electron chi connectivity index (χ4n) is 1.94. The van der Waals surface area contributed by atoms with E-state index in [1.807, 2.05) is 0 Å². The molecule has 1 aliphatic rings. The van der Waals surface area contributed by atoms with Crippen LogP contribution in [0.3, 0.4) is 0 Å². The highest BCUT2D eigenvalue weighted by Crippen LogP contribution is 2.41. The molecule has 0 amide bonds. The highest BCUT2D eigenvalue weighted by molar-refractivity contribution is 5.12. The predicted molar refractivity (Wildman–Crippen MR) is 46.0 cm³/mol. The molecule has 10 heavy (non-hydrogen) atoms. The molecule has 0 heterocycles. The van der Waals surface area contributed by atoms with Crippen LogP contribution in [0.5, 0.6) is 0 Å². The molecule has 0 aromatic heterocycles. The van der Waals surface area contributed by atoms with Crippen LogP contribution < -0.4 is 0 Å². The first-order valence-corrected chi connectivity index (χ1v) is 4.51. The zero-order valence-electron chi connectivity index (χ0n) is 7.19. The third kappa shape index (κ3) is 1.42. The molecule has 0 radical (unpaired) electrons. The van der Waals surface area contributed by atoms with Gasteiger partial charge in [-0.15, -0.1) is 0 Å². The largest absolute Gasteiger partial charge is 0.0871 e. The second-order valence-electron chi connectivity index (χ2n) is 3.47. The Kier molecular flexibility index (Phi) is 2.53. The summed E-state index contributed by atoms with van der Waals surface area (Å²) in [5, 5.41) is 0. The highest BCUT2D eigenvalue weighted by Gasteiger charge is 2.28. The van der Waals surface area contributed by atoms with Crippen molar-refractivity contribution in [2.75, 3.05) is 0 Å². The average molecular weight is 138 g/mol. The van der Waals surface area contributed by atoms with Gasteiger partial charge in [0.25, 0.3) is 0 Å². The second kappa shape index (κ2) is 3.23. The lowest BCUT2D eigenvalue weighted by Gasteiger charge is -2.35. The number of hydrogen-bond acceptors (Lipinski definition) is 0. The lowest BCUT2D eigenvalue weighted by Crippen LogP contribution is -2.22. The first-order valence-electron chi connectivity index (χ1n) is 4.51. The molecule has 1 aliphatic carbocycles. The van der Waals surface area contributed by atoms with E-state index in [4.69, 9.17) is 0 Å². The van der Waals surface area contributed by atoms with E-state index in [0.29, 0.717) is 5.41 Å². The van der Waals surface area contributed by atoms with Crippen molar-refractivity contribution in [3.05, 3.63) is 12.2 Å². The Bertz CT molecular complexity index is 116. The van der Waals surface area contributed by atoms with E-state index in [-0.39, 0.29) is 0 Å². The average Bonchev–Trinajstić information content (AvgIpc) is 1.84. The van der Waals surface area contributed by atoms with E-state index in [9.17, 15) is 0 Å². The van der Waals surface area contributed by atoms with Gasteiger partial charge in [-0.2, -0.15) is 0 Å². The van der Waals surface area contributed by atoms with Crippen molar-refractivity contribution in [1.29, 1.82) is 0 Å². The summed E-state index contributed by atoms with van der Waals surface area (Å²) in [6.07, 6.45) is 11.5. The van der Waals surface area contributed by atoms with Crippen LogP contribution in [0.1, 0.15) is 46.0 Å². The zero-order valence-corrected chi connectivity index (χ0v) is 7.19. The Hall–Kier alpha value is -0.260. The SMILES string of the molecule is CCCC1(CCC)C=CC1. The molecular formula is C10H18. The van der Waals surface area contributed by atoms with Crippen molar-refractivity contribution in [2.24, 2.45) is 5.41 Å². The molecule has 0 aromatic rings. The Morgan fingerprint density at radius 1 is 1.20 bits per heavy atom. The maximum absolute atomic E-state index is 2.42. The summed E-state index contributed by atoms with van der Waals surface area (Å²) in [4.78, 5) is 0. The van der Waals surface area contributed by atoms with Crippen molar-refractivity contribution in [2.45, 2.75) is 46.0 Å². The molecule has 0 atom stereocenters. The minimum absolute atomic E-state index is 0.642. The van der Waals surface area contributed by atoms with Gasteiger partial charge in [0.15, 0.2) is 0 Å². The molecular weight excluding hydrogens is 120 g/mol. The first-order chi connectivity index (χ1) is 4.83. The molecule has 0 nitrogen and oxygen atoms in total. The minimum Gasteiger partial charge on any atom is -0.0871 e. The maximum atomic E-state index is 2.42. The molecule has 0 heteroatoms. The molecule has 0 unspecified atom stereocenters. The predicted octanol–water partition coefficient (Wildman–Crippen LogP) is 3.53. The number of hydrogen-bond donors (Lipinski definition) is 0. The number of allylic oxidation sites excluding steroid dienone is 2. The van der Waals surface area contributed by atoms with Crippen LogP contribution in [0, 0.1) is 5.41 Å². The monoisotopic (exact) mass is 138 g/mol. The maximum Gasteiger partial charge on any atom is -0.00840 e. The fourth-order valence-corrected chi connectivity index (χ4v) is 1.94. The van der Waals surface area contributed by atoms with Crippen LogP contribution in [0.4, 0.5) is 0 Å². The molecule has 0 saturated carbocycles. The summed E-state index contributed by atoms with van der Waals surface area (Å²) in [7, 11) is 0. The molecule has 0 fully saturated rings. The summed E-state index contributed by atoms with van der Waals surface area (Å²) < 4.78 is 0. The van der Waals surface area contributed by atoms with E-state index in [0.717, 1.165) is 0 Å². The van der Waals surface area contributed by atoms with E-state index >= 15 is 0 Å². The van der Waals surface area contributed by atoms with E-state index in [1.54, 1.807) is 0 Å². The minimum atomic E-state index is 0.642. The topological polar surface area (TPSA) is 0 Å². The molecule has 0 aromatic carbocycles. The van der Waals surface area contributed by atoms with Crippen molar-refractivity contribution in [1.82, 2.24) is 0 Å². The first kappa shape index (κ1) is 7.84. The fraction of sp³-hybridized carbons (Fsp3) is 0.800. The Labute approximate surface area is 64.3 Å². The van der Waals surface area contributed by atoms with Crippen LogP contribution in [-0.4, -0.2) is 0 Å². The molecule has 0 bridgehead atoms. The van der Waals surface area contributed by atoms with Gasteiger partial charge in [0.05, 0.1) is 0 Å². The summed E-state index contributed by atoms with van der Waals surface area (Å²) in [5.74, 6) is 0.